The largest absolute Gasteiger partial charge is 0.343 e. The summed E-state index contributed by atoms with van der Waals surface area (Å²) in [6.45, 7) is 8.55. The van der Waals surface area contributed by atoms with E-state index in [2.05, 4.69) is 25.7 Å². The number of nitrogens with zero attached hydrogens (tertiary/aromatic N) is 1. The highest BCUT2D eigenvalue weighted by Crippen LogP contribution is 2.08. The molecule has 1 amide bonds. The Morgan fingerprint density at radius 1 is 0.722 bits per heavy atom. The van der Waals surface area contributed by atoms with E-state index in [-0.39, 0.29) is 0 Å². The summed E-state index contributed by atoms with van der Waals surface area (Å²) < 4.78 is 0. The number of unbranched alkanes of at least 4 members (excludes halogenated alkanes) is 6. The minimum Gasteiger partial charge on any atom is -0.343 e. The zero-order chi connectivity index (χ0) is 13.6. The molecule has 2 heteroatoms. The van der Waals surface area contributed by atoms with Crippen LogP contribution < -0.4 is 0 Å². The molecule has 18 heavy (non-hydrogen) atoms. The second kappa shape index (κ2) is 12.9. The van der Waals surface area contributed by atoms with E-state index in [9.17, 15) is 4.79 Å². The molecule has 0 spiro atoms. The maximum atomic E-state index is 12.1. The molecule has 0 unspecified atom stereocenters. The summed E-state index contributed by atoms with van der Waals surface area (Å²) in [4.78, 5) is 14.2. The molecule has 0 saturated carbocycles. The Kier molecular flexibility index (Phi) is 12.5. The average molecular weight is 255 g/mol. The summed E-state index contributed by atoms with van der Waals surface area (Å²) in [7, 11) is 0. The second-order valence-corrected chi connectivity index (χ2v) is 5.25. The van der Waals surface area contributed by atoms with Gasteiger partial charge < -0.3 is 4.90 Å². The molecule has 0 heterocycles. The molecular weight excluding hydrogens is 222 g/mol. The van der Waals surface area contributed by atoms with Gasteiger partial charge in [-0.2, -0.15) is 0 Å². The fraction of sp³-hybridized carbons (Fsp3) is 0.938. The van der Waals surface area contributed by atoms with E-state index >= 15 is 0 Å². The van der Waals surface area contributed by atoms with Crippen LogP contribution in [0.3, 0.4) is 0 Å². The van der Waals surface area contributed by atoms with Gasteiger partial charge in [-0.1, -0.05) is 59.3 Å². The lowest BCUT2D eigenvalue weighted by Crippen LogP contribution is -2.32. The minimum absolute atomic E-state index is 0.383. The standard InChI is InChI=1S/C16H33NO/c1-4-7-10-12-15-17(14-9-6-3)16(18)13-11-8-5-2/h4-15H2,1-3H3. The van der Waals surface area contributed by atoms with E-state index in [0.717, 1.165) is 32.4 Å². The van der Waals surface area contributed by atoms with Gasteiger partial charge in [0.05, 0.1) is 0 Å². The zero-order valence-corrected chi connectivity index (χ0v) is 12.8. The van der Waals surface area contributed by atoms with E-state index < -0.39 is 0 Å². The van der Waals surface area contributed by atoms with E-state index in [1.807, 2.05) is 0 Å². The molecule has 0 bridgehead atoms. The number of hydrogen-bond donors (Lipinski definition) is 0. The summed E-state index contributed by atoms with van der Waals surface area (Å²) in [5.74, 6) is 0.383. The fourth-order valence-electron chi connectivity index (χ4n) is 2.12. The maximum Gasteiger partial charge on any atom is 0.222 e. The Bertz CT molecular complexity index is 192. The lowest BCUT2D eigenvalue weighted by molar-refractivity contribution is -0.131. The molecule has 0 fully saturated rings. The Morgan fingerprint density at radius 3 is 1.89 bits per heavy atom. The lowest BCUT2D eigenvalue weighted by Gasteiger charge is -2.22. The van der Waals surface area contributed by atoms with Crippen LogP contribution in [0.5, 0.6) is 0 Å². The lowest BCUT2D eigenvalue weighted by atomic mass is 10.1. The van der Waals surface area contributed by atoms with Gasteiger partial charge in [-0.25, -0.2) is 0 Å². The SMILES string of the molecule is CCCCCCN(CCCC)C(=O)CCCCC. The van der Waals surface area contributed by atoms with Crippen molar-refractivity contribution in [3.05, 3.63) is 0 Å². The zero-order valence-electron chi connectivity index (χ0n) is 12.8. The monoisotopic (exact) mass is 255 g/mol. The fourth-order valence-corrected chi connectivity index (χ4v) is 2.12. The highest BCUT2D eigenvalue weighted by Gasteiger charge is 2.11. The van der Waals surface area contributed by atoms with Crippen molar-refractivity contribution < 1.29 is 4.79 Å². The quantitative estimate of drug-likeness (QED) is 0.460. The molecule has 0 aliphatic rings. The van der Waals surface area contributed by atoms with E-state index in [1.54, 1.807) is 0 Å². The van der Waals surface area contributed by atoms with Crippen LogP contribution in [0.4, 0.5) is 0 Å². The summed E-state index contributed by atoms with van der Waals surface area (Å²) in [6, 6.07) is 0. The normalized spacial score (nSPS) is 10.6. The smallest absolute Gasteiger partial charge is 0.222 e. The van der Waals surface area contributed by atoms with Crippen LogP contribution in [0.1, 0.15) is 85.0 Å². The van der Waals surface area contributed by atoms with Gasteiger partial charge in [0.25, 0.3) is 0 Å². The van der Waals surface area contributed by atoms with Crippen molar-refractivity contribution in [3.63, 3.8) is 0 Å². The summed E-state index contributed by atoms with van der Waals surface area (Å²) >= 11 is 0. The highest BCUT2D eigenvalue weighted by molar-refractivity contribution is 5.76. The first-order valence-electron chi connectivity index (χ1n) is 8.04. The van der Waals surface area contributed by atoms with Crippen molar-refractivity contribution in [1.82, 2.24) is 4.90 Å². The third-order valence-electron chi connectivity index (χ3n) is 3.41. The topological polar surface area (TPSA) is 20.3 Å². The van der Waals surface area contributed by atoms with E-state index in [1.165, 1.54) is 44.9 Å². The van der Waals surface area contributed by atoms with Crippen molar-refractivity contribution in [1.29, 1.82) is 0 Å². The van der Waals surface area contributed by atoms with Gasteiger partial charge in [0.1, 0.15) is 0 Å². The van der Waals surface area contributed by atoms with E-state index in [0.29, 0.717) is 5.91 Å². The van der Waals surface area contributed by atoms with Crippen molar-refractivity contribution in [2.45, 2.75) is 85.0 Å². The van der Waals surface area contributed by atoms with Crippen molar-refractivity contribution in [2.24, 2.45) is 0 Å². The van der Waals surface area contributed by atoms with Gasteiger partial charge >= 0.3 is 0 Å². The molecule has 0 aliphatic heterocycles. The van der Waals surface area contributed by atoms with Crippen LogP contribution in [0.2, 0.25) is 0 Å². The van der Waals surface area contributed by atoms with Gasteiger partial charge in [0, 0.05) is 19.5 Å². The molecule has 0 aromatic rings. The van der Waals surface area contributed by atoms with Crippen LogP contribution in [0.15, 0.2) is 0 Å². The highest BCUT2D eigenvalue weighted by atomic mass is 16.2. The van der Waals surface area contributed by atoms with Crippen LogP contribution in [0, 0.1) is 0 Å². The predicted molar refractivity (Wildman–Crippen MR) is 79.8 cm³/mol. The summed E-state index contributed by atoms with van der Waals surface area (Å²) in [5.41, 5.74) is 0. The van der Waals surface area contributed by atoms with Gasteiger partial charge in [-0.05, 0) is 19.3 Å². The molecule has 108 valence electrons. The summed E-state index contributed by atoms with van der Waals surface area (Å²) in [5, 5.41) is 0. The van der Waals surface area contributed by atoms with Crippen LogP contribution in [0.25, 0.3) is 0 Å². The first-order chi connectivity index (χ1) is 8.76. The Hall–Kier alpha value is -0.530. The number of hydrogen-bond acceptors (Lipinski definition) is 1. The van der Waals surface area contributed by atoms with Gasteiger partial charge in [0.2, 0.25) is 5.91 Å². The third kappa shape index (κ3) is 9.49. The molecule has 0 radical (unpaired) electrons. The van der Waals surface area contributed by atoms with Gasteiger partial charge in [0.15, 0.2) is 0 Å². The maximum absolute atomic E-state index is 12.1. The number of rotatable bonds is 12. The molecule has 0 aromatic heterocycles. The second-order valence-electron chi connectivity index (χ2n) is 5.25. The average Bonchev–Trinajstić information content (AvgIpc) is 2.38. The Morgan fingerprint density at radius 2 is 1.28 bits per heavy atom. The minimum atomic E-state index is 0.383. The first kappa shape index (κ1) is 17.5. The van der Waals surface area contributed by atoms with Gasteiger partial charge in [-0.3, -0.25) is 4.79 Å². The van der Waals surface area contributed by atoms with Crippen LogP contribution >= 0.6 is 0 Å². The molecule has 0 aromatic carbocycles. The summed E-state index contributed by atoms with van der Waals surface area (Å²) in [6.07, 6.45) is 11.5. The molecule has 0 aliphatic carbocycles. The molecule has 0 saturated heterocycles. The molecule has 2 nitrogen and oxygen atoms in total. The first-order valence-corrected chi connectivity index (χ1v) is 8.04. The molecule has 0 N–H and O–H groups in total. The van der Waals surface area contributed by atoms with Crippen LogP contribution in [-0.2, 0) is 4.79 Å². The van der Waals surface area contributed by atoms with E-state index in [4.69, 9.17) is 0 Å². The number of carbonyl (C=O) groups is 1. The Labute approximate surface area is 114 Å². The van der Waals surface area contributed by atoms with Crippen molar-refractivity contribution in [2.75, 3.05) is 13.1 Å². The molecule has 0 atom stereocenters. The number of amides is 1. The number of carbonyl (C=O) groups excluding carboxylic acids is 1. The molecular formula is C16H33NO. The third-order valence-corrected chi connectivity index (χ3v) is 3.41. The van der Waals surface area contributed by atoms with Crippen molar-refractivity contribution in [3.8, 4) is 0 Å². The Balaban J connectivity index is 3.90. The molecule has 0 rings (SSSR count). The van der Waals surface area contributed by atoms with Gasteiger partial charge in [-0.15, -0.1) is 0 Å². The van der Waals surface area contributed by atoms with Crippen LogP contribution in [-0.4, -0.2) is 23.9 Å². The predicted octanol–water partition coefficient (Wildman–Crippen LogP) is 4.78. The van der Waals surface area contributed by atoms with Crippen molar-refractivity contribution >= 4 is 5.91 Å².